The Balaban J connectivity index is 1.68. The van der Waals surface area contributed by atoms with Crippen LogP contribution in [0.15, 0.2) is 40.1 Å². The van der Waals surface area contributed by atoms with E-state index in [1.165, 1.54) is 18.2 Å². The highest BCUT2D eigenvalue weighted by Gasteiger charge is 2.35. The first-order valence-electron chi connectivity index (χ1n) is 9.79. The van der Waals surface area contributed by atoms with Crippen LogP contribution in [0.5, 0.6) is 11.6 Å². The summed E-state index contributed by atoms with van der Waals surface area (Å²) in [7, 11) is 0. The Labute approximate surface area is 181 Å². The molecular formula is C20H21F3N6O3. The summed E-state index contributed by atoms with van der Waals surface area (Å²) in [5, 5.41) is 13.2. The molecule has 32 heavy (non-hydrogen) atoms. The van der Waals surface area contributed by atoms with Crippen LogP contribution in [0.1, 0.15) is 29.3 Å². The molecule has 2 heterocycles. The average Bonchev–Trinajstić information content (AvgIpc) is 2.78. The van der Waals surface area contributed by atoms with Gasteiger partial charge in [0.15, 0.2) is 0 Å². The minimum absolute atomic E-state index is 0.0952. The molecule has 2 aromatic rings. The van der Waals surface area contributed by atoms with E-state index in [-0.39, 0.29) is 23.2 Å². The fourth-order valence-electron chi connectivity index (χ4n) is 3.03. The number of nitrogens with one attached hydrogen (secondary N) is 2. The molecule has 3 rings (SSSR count). The number of halogens is 3. The molecule has 0 atom stereocenters. The van der Waals surface area contributed by atoms with Crippen LogP contribution in [0.4, 0.5) is 13.2 Å². The maximum absolute atomic E-state index is 12.9. The number of carbonyl (C=O) groups is 1. The lowest BCUT2D eigenvalue weighted by Gasteiger charge is -2.34. The molecule has 0 aliphatic carbocycles. The molecule has 1 fully saturated rings. The normalized spacial score (nSPS) is 14.6. The monoisotopic (exact) mass is 450 g/mol. The highest BCUT2D eigenvalue weighted by atomic mass is 19.4. The third-order valence-corrected chi connectivity index (χ3v) is 4.65. The Bertz CT molecular complexity index is 1070. The Kier molecular flexibility index (Phi) is 6.91. The number of piperazine rings is 1. The van der Waals surface area contributed by atoms with E-state index < -0.39 is 23.2 Å². The molecule has 0 bridgehead atoms. The van der Waals surface area contributed by atoms with E-state index in [9.17, 15) is 22.8 Å². The number of aliphatic imine (C=N–C) groups is 1. The average molecular weight is 450 g/mol. The van der Waals surface area contributed by atoms with Gasteiger partial charge in [-0.1, -0.05) is 13.0 Å². The van der Waals surface area contributed by atoms with Gasteiger partial charge in [-0.15, -0.1) is 5.10 Å². The van der Waals surface area contributed by atoms with Gasteiger partial charge in [0.25, 0.3) is 11.5 Å². The molecule has 1 amide bonds. The SMILES string of the molecule is CCC=NC(=N)N1CCN(C(=O)c2cccc(Oc3cc(C(F)(F)F)c(=O)[nH]n3)c2)CC1. The van der Waals surface area contributed by atoms with Crippen LogP contribution in [0.2, 0.25) is 0 Å². The van der Waals surface area contributed by atoms with Crippen LogP contribution in [-0.4, -0.2) is 64.3 Å². The van der Waals surface area contributed by atoms with E-state index in [0.29, 0.717) is 32.2 Å². The van der Waals surface area contributed by atoms with Crippen LogP contribution in [0, 0.1) is 5.41 Å². The van der Waals surface area contributed by atoms with Crippen molar-refractivity contribution in [1.29, 1.82) is 5.41 Å². The van der Waals surface area contributed by atoms with Crippen molar-refractivity contribution in [2.75, 3.05) is 26.2 Å². The molecule has 1 saturated heterocycles. The van der Waals surface area contributed by atoms with Gasteiger partial charge in [-0.05, 0) is 24.6 Å². The van der Waals surface area contributed by atoms with Gasteiger partial charge >= 0.3 is 6.18 Å². The number of H-pyrrole nitrogens is 1. The second kappa shape index (κ2) is 9.62. The van der Waals surface area contributed by atoms with Gasteiger partial charge in [0.1, 0.15) is 11.3 Å². The number of hydrogen-bond donors (Lipinski definition) is 2. The summed E-state index contributed by atoms with van der Waals surface area (Å²) in [6.07, 6.45) is -2.47. The predicted molar refractivity (Wildman–Crippen MR) is 110 cm³/mol. The molecular weight excluding hydrogens is 429 g/mol. The van der Waals surface area contributed by atoms with Crippen LogP contribution in [-0.2, 0) is 6.18 Å². The van der Waals surface area contributed by atoms with E-state index in [1.807, 2.05) is 6.92 Å². The summed E-state index contributed by atoms with van der Waals surface area (Å²) in [6.45, 7) is 3.63. The zero-order valence-corrected chi connectivity index (χ0v) is 17.1. The molecule has 9 nitrogen and oxygen atoms in total. The maximum atomic E-state index is 12.9. The van der Waals surface area contributed by atoms with Crippen LogP contribution in [0.3, 0.4) is 0 Å². The number of amides is 1. The number of nitrogens with zero attached hydrogens (tertiary/aromatic N) is 4. The largest absolute Gasteiger partial charge is 0.438 e. The first-order chi connectivity index (χ1) is 15.2. The zero-order valence-electron chi connectivity index (χ0n) is 17.1. The molecule has 1 aliphatic heterocycles. The van der Waals surface area contributed by atoms with E-state index in [4.69, 9.17) is 10.1 Å². The molecule has 2 N–H and O–H groups in total. The van der Waals surface area contributed by atoms with Gasteiger partial charge in [-0.3, -0.25) is 15.0 Å². The van der Waals surface area contributed by atoms with Crippen molar-refractivity contribution in [3.05, 3.63) is 51.8 Å². The Morgan fingerprint density at radius 3 is 2.59 bits per heavy atom. The number of benzene rings is 1. The quantitative estimate of drug-likeness (QED) is 0.549. The number of carbonyl (C=O) groups excluding carboxylic acids is 1. The number of alkyl halides is 3. The molecule has 0 unspecified atom stereocenters. The van der Waals surface area contributed by atoms with Crippen LogP contribution < -0.4 is 10.3 Å². The second-order valence-corrected chi connectivity index (χ2v) is 6.90. The Hall–Kier alpha value is -3.70. The molecule has 12 heteroatoms. The minimum Gasteiger partial charge on any atom is -0.438 e. The van der Waals surface area contributed by atoms with Crippen molar-refractivity contribution < 1.29 is 22.7 Å². The van der Waals surface area contributed by atoms with Crippen molar-refractivity contribution in [3.8, 4) is 11.6 Å². The van der Waals surface area contributed by atoms with E-state index in [0.717, 1.165) is 6.42 Å². The lowest BCUT2D eigenvalue weighted by molar-refractivity contribution is -0.138. The third-order valence-electron chi connectivity index (χ3n) is 4.65. The van der Waals surface area contributed by atoms with Gasteiger partial charge in [0.05, 0.1) is 0 Å². The van der Waals surface area contributed by atoms with Gasteiger partial charge in [0, 0.05) is 44.0 Å². The summed E-state index contributed by atoms with van der Waals surface area (Å²) in [4.78, 5) is 31.6. The Morgan fingerprint density at radius 1 is 1.25 bits per heavy atom. The highest BCUT2D eigenvalue weighted by Crippen LogP contribution is 2.29. The van der Waals surface area contributed by atoms with Crippen molar-refractivity contribution in [2.45, 2.75) is 19.5 Å². The summed E-state index contributed by atoms with van der Waals surface area (Å²) in [5.41, 5.74) is -2.52. The van der Waals surface area contributed by atoms with E-state index in [2.05, 4.69) is 10.1 Å². The lowest BCUT2D eigenvalue weighted by atomic mass is 10.1. The van der Waals surface area contributed by atoms with Gasteiger partial charge in [0.2, 0.25) is 11.8 Å². The van der Waals surface area contributed by atoms with Gasteiger partial charge in [-0.2, -0.15) is 13.2 Å². The molecule has 170 valence electrons. The van der Waals surface area contributed by atoms with Crippen LogP contribution in [0.25, 0.3) is 0 Å². The van der Waals surface area contributed by atoms with Crippen molar-refractivity contribution in [1.82, 2.24) is 20.0 Å². The fraction of sp³-hybridized carbons (Fsp3) is 0.350. The Morgan fingerprint density at radius 2 is 1.94 bits per heavy atom. The molecule has 1 aliphatic rings. The summed E-state index contributed by atoms with van der Waals surface area (Å²) in [6, 6.07) is 6.45. The van der Waals surface area contributed by atoms with Gasteiger partial charge < -0.3 is 14.5 Å². The van der Waals surface area contributed by atoms with E-state index in [1.54, 1.807) is 27.2 Å². The molecule has 1 aromatic carbocycles. The summed E-state index contributed by atoms with van der Waals surface area (Å²) < 4.78 is 44.0. The number of rotatable bonds is 4. The van der Waals surface area contributed by atoms with Crippen LogP contribution >= 0.6 is 0 Å². The third kappa shape index (κ3) is 5.50. The van der Waals surface area contributed by atoms with Crippen molar-refractivity contribution in [3.63, 3.8) is 0 Å². The van der Waals surface area contributed by atoms with E-state index >= 15 is 0 Å². The van der Waals surface area contributed by atoms with Gasteiger partial charge in [-0.25, -0.2) is 10.1 Å². The summed E-state index contributed by atoms with van der Waals surface area (Å²) in [5.74, 6) is -0.482. The molecule has 1 aromatic heterocycles. The summed E-state index contributed by atoms with van der Waals surface area (Å²) >= 11 is 0. The zero-order chi connectivity index (χ0) is 23.3. The highest BCUT2D eigenvalue weighted by molar-refractivity contribution is 5.95. The first-order valence-corrected chi connectivity index (χ1v) is 9.79. The minimum atomic E-state index is -4.85. The maximum Gasteiger partial charge on any atom is 0.421 e. The first kappa shape index (κ1) is 23.0. The number of ether oxygens (including phenoxy) is 1. The molecule has 0 spiro atoms. The lowest BCUT2D eigenvalue weighted by Crippen LogP contribution is -2.50. The number of guanidine groups is 1. The smallest absolute Gasteiger partial charge is 0.421 e. The predicted octanol–water partition coefficient (Wildman–Crippen LogP) is 2.75. The number of aromatic amines is 1. The fourth-order valence-corrected chi connectivity index (χ4v) is 3.03. The number of hydrogen-bond acceptors (Lipinski definition) is 5. The molecule has 0 saturated carbocycles. The standard InChI is InChI=1S/C20H21F3N6O3/c1-2-6-25-19(24)29-9-7-28(8-10-29)18(31)13-4-3-5-14(11-13)32-16-12-15(20(21,22)23)17(30)27-26-16/h3-6,11-12,24H,2,7-10H2,1H3,(H,27,30). The second-order valence-electron chi connectivity index (χ2n) is 6.90. The van der Waals surface area contributed by atoms with Crippen molar-refractivity contribution >= 4 is 18.1 Å². The molecule has 0 radical (unpaired) electrons. The number of aromatic nitrogens is 2. The van der Waals surface area contributed by atoms with Crippen molar-refractivity contribution in [2.24, 2.45) is 4.99 Å². The topological polar surface area (TPSA) is 115 Å².